The van der Waals surface area contributed by atoms with Gasteiger partial charge in [-0.2, -0.15) is 0 Å². The third kappa shape index (κ3) is 7.52. The summed E-state index contributed by atoms with van der Waals surface area (Å²) in [6, 6.07) is 0. The SMILES string of the molecule is C=C(OC(CC)NC(=O)C(=C)C)OC(CC)NC(=O)C(=C)C. The molecule has 0 fully saturated rings. The molecule has 0 rings (SSSR count). The van der Waals surface area contributed by atoms with Gasteiger partial charge < -0.3 is 20.1 Å². The minimum Gasteiger partial charge on any atom is -0.442 e. The molecule has 0 aliphatic rings. The number of rotatable bonds is 10. The van der Waals surface area contributed by atoms with Crippen molar-refractivity contribution >= 4 is 11.8 Å². The van der Waals surface area contributed by atoms with Crippen LogP contribution in [0.2, 0.25) is 0 Å². The van der Waals surface area contributed by atoms with Crippen molar-refractivity contribution in [3.63, 3.8) is 0 Å². The molecule has 22 heavy (non-hydrogen) atoms. The normalized spacial score (nSPS) is 12.5. The standard InChI is InChI=1S/C16H26N2O4/c1-8-13(17-15(19)10(3)4)21-12(7)22-14(9-2)18-16(20)11(5)6/h13-14H,3,5,7-9H2,1-2,4,6H3,(H,17,19)(H,18,20). The molecular formula is C16H26N2O4. The Balaban J connectivity index is 4.49. The van der Waals surface area contributed by atoms with Crippen LogP contribution in [-0.2, 0) is 19.1 Å². The van der Waals surface area contributed by atoms with Gasteiger partial charge in [0.1, 0.15) is 0 Å². The summed E-state index contributed by atoms with van der Waals surface area (Å²) in [5, 5.41) is 5.29. The number of hydrogen-bond donors (Lipinski definition) is 2. The number of carbonyl (C=O) groups is 2. The summed E-state index contributed by atoms with van der Waals surface area (Å²) < 4.78 is 10.9. The second-order valence-electron chi connectivity index (χ2n) is 4.91. The van der Waals surface area contributed by atoms with Gasteiger partial charge in [0.25, 0.3) is 5.95 Å². The van der Waals surface area contributed by atoms with Crippen molar-refractivity contribution in [3.8, 4) is 0 Å². The quantitative estimate of drug-likeness (QED) is 0.369. The minimum absolute atomic E-state index is 0.0164. The Labute approximate surface area is 132 Å². The lowest BCUT2D eigenvalue weighted by atomic mass is 10.3. The molecule has 0 saturated heterocycles. The van der Waals surface area contributed by atoms with Gasteiger partial charge in [0.05, 0.1) is 0 Å². The van der Waals surface area contributed by atoms with Crippen molar-refractivity contribution in [2.45, 2.75) is 53.0 Å². The molecule has 0 bridgehead atoms. The van der Waals surface area contributed by atoms with E-state index in [4.69, 9.17) is 9.47 Å². The van der Waals surface area contributed by atoms with E-state index in [9.17, 15) is 9.59 Å². The zero-order chi connectivity index (χ0) is 17.3. The highest BCUT2D eigenvalue weighted by atomic mass is 16.7. The largest absolute Gasteiger partial charge is 0.442 e. The highest BCUT2D eigenvalue weighted by Crippen LogP contribution is 2.09. The monoisotopic (exact) mass is 310 g/mol. The molecule has 0 radical (unpaired) electrons. The number of amides is 2. The first-order chi connectivity index (χ1) is 10.2. The average molecular weight is 310 g/mol. The fourth-order valence-electron chi connectivity index (χ4n) is 1.31. The molecule has 6 heteroatoms. The second-order valence-corrected chi connectivity index (χ2v) is 4.91. The van der Waals surface area contributed by atoms with Gasteiger partial charge in [-0.1, -0.05) is 27.0 Å². The average Bonchev–Trinajstić information content (AvgIpc) is 2.44. The van der Waals surface area contributed by atoms with Gasteiger partial charge in [-0.3, -0.25) is 9.59 Å². The van der Waals surface area contributed by atoms with E-state index in [1.807, 2.05) is 13.8 Å². The maximum absolute atomic E-state index is 11.6. The molecule has 2 atom stereocenters. The maximum atomic E-state index is 11.6. The molecule has 0 aliphatic carbocycles. The van der Waals surface area contributed by atoms with Gasteiger partial charge in [-0.25, -0.2) is 0 Å². The van der Waals surface area contributed by atoms with Crippen LogP contribution in [0, 0.1) is 0 Å². The minimum atomic E-state index is -0.578. The first-order valence-electron chi connectivity index (χ1n) is 7.16. The molecule has 0 spiro atoms. The van der Waals surface area contributed by atoms with Gasteiger partial charge in [0.15, 0.2) is 12.5 Å². The number of ether oxygens (including phenoxy) is 2. The number of hydrogen-bond acceptors (Lipinski definition) is 4. The Hall–Kier alpha value is -2.24. The molecule has 0 heterocycles. The number of carbonyl (C=O) groups excluding carboxylic acids is 2. The molecule has 0 aromatic rings. The molecule has 124 valence electrons. The summed E-state index contributed by atoms with van der Waals surface area (Å²) in [7, 11) is 0. The summed E-state index contributed by atoms with van der Waals surface area (Å²) in [6.45, 7) is 17.7. The third-order valence-corrected chi connectivity index (χ3v) is 2.65. The van der Waals surface area contributed by atoms with Crippen LogP contribution in [0.1, 0.15) is 40.5 Å². The van der Waals surface area contributed by atoms with Gasteiger partial charge in [-0.05, 0) is 20.4 Å². The fraction of sp³-hybridized carbons (Fsp3) is 0.500. The van der Waals surface area contributed by atoms with Crippen LogP contribution in [-0.4, -0.2) is 24.3 Å². The van der Waals surface area contributed by atoms with Crippen LogP contribution in [0.3, 0.4) is 0 Å². The van der Waals surface area contributed by atoms with Crippen molar-refractivity contribution < 1.29 is 19.1 Å². The van der Waals surface area contributed by atoms with Gasteiger partial charge in [-0.15, -0.1) is 0 Å². The van der Waals surface area contributed by atoms with E-state index in [1.54, 1.807) is 13.8 Å². The van der Waals surface area contributed by atoms with Crippen LogP contribution in [0.25, 0.3) is 0 Å². The van der Waals surface area contributed by atoms with Crippen LogP contribution in [0.5, 0.6) is 0 Å². The first kappa shape index (κ1) is 19.8. The Bertz CT molecular complexity index is 417. The van der Waals surface area contributed by atoms with Crippen molar-refractivity contribution in [2.75, 3.05) is 0 Å². The summed E-state index contributed by atoms with van der Waals surface area (Å²) in [4.78, 5) is 23.1. The van der Waals surface area contributed by atoms with E-state index in [1.165, 1.54) is 0 Å². The molecule has 0 aromatic carbocycles. The van der Waals surface area contributed by atoms with Crippen LogP contribution in [0.15, 0.2) is 36.8 Å². The van der Waals surface area contributed by atoms with Crippen LogP contribution >= 0.6 is 0 Å². The smallest absolute Gasteiger partial charge is 0.275 e. The van der Waals surface area contributed by atoms with Crippen molar-refractivity contribution in [3.05, 3.63) is 36.8 Å². The molecule has 0 aliphatic heterocycles. The summed E-state index contributed by atoms with van der Waals surface area (Å²) in [5.74, 6) is -0.590. The summed E-state index contributed by atoms with van der Waals surface area (Å²) >= 11 is 0. The first-order valence-corrected chi connectivity index (χ1v) is 7.16. The molecular weight excluding hydrogens is 284 g/mol. The Morgan fingerprint density at radius 3 is 1.41 bits per heavy atom. The maximum Gasteiger partial charge on any atom is 0.275 e. The van der Waals surface area contributed by atoms with E-state index >= 15 is 0 Å². The van der Waals surface area contributed by atoms with E-state index in [0.717, 1.165) is 0 Å². The van der Waals surface area contributed by atoms with Gasteiger partial charge in [0.2, 0.25) is 11.8 Å². The fourth-order valence-corrected chi connectivity index (χ4v) is 1.31. The van der Waals surface area contributed by atoms with E-state index < -0.39 is 12.5 Å². The predicted octanol–water partition coefficient (Wildman–Crippen LogP) is 2.35. The van der Waals surface area contributed by atoms with Crippen molar-refractivity contribution in [2.24, 2.45) is 0 Å². The van der Waals surface area contributed by atoms with Crippen molar-refractivity contribution in [1.29, 1.82) is 0 Å². The Morgan fingerprint density at radius 1 is 0.864 bits per heavy atom. The molecule has 2 N–H and O–H groups in total. The van der Waals surface area contributed by atoms with Gasteiger partial charge in [0, 0.05) is 24.0 Å². The predicted molar refractivity (Wildman–Crippen MR) is 85.4 cm³/mol. The van der Waals surface area contributed by atoms with Crippen LogP contribution < -0.4 is 10.6 Å². The number of nitrogens with one attached hydrogen (secondary N) is 2. The van der Waals surface area contributed by atoms with E-state index in [2.05, 4.69) is 30.4 Å². The molecule has 2 unspecified atom stereocenters. The van der Waals surface area contributed by atoms with Crippen molar-refractivity contribution in [1.82, 2.24) is 10.6 Å². The topological polar surface area (TPSA) is 76.7 Å². The Kier molecular flexibility index (Phi) is 8.67. The second kappa shape index (κ2) is 9.65. The zero-order valence-corrected chi connectivity index (χ0v) is 13.8. The highest BCUT2D eigenvalue weighted by molar-refractivity contribution is 5.92. The molecule has 2 amide bonds. The lowest BCUT2D eigenvalue weighted by Crippen LogP contribution is -2.39. The lowest BCUT2D eigenvalue weighted by molar-refractivity contribution is -0.126. The molecule has 0 saturated carbocycles. The zero-order valence-electron chi connectivity index (χ0n) is 13.8. The molecule has 6 nitrogen and oxygen atoms in total. The molecule has 0 aromatic heterocycles. The Morgan fingerprint density at radius 2 is 1.18 bits per heavy atom. The van der Waals surface area contributed by atoms with E-state index in [0.29, 0.717) is 24.0 Å². The third-order valence-electron chi connectivity index (χ3n) is 2.65. The van der Waals surface area contributed by atoms with E-state index in [-0.39, 0.29) is 17.8 Å². The summed E-state index contributed by atoms with van der Waals surface area (Å²) in [6.07, 6.45) is -0.107. The van der Waals surface area contributed by atoms with Crippen LogP contribution in [0.4, 0.5) is 0 Å². The summed E-state index contributed by atoms with van der Waals surface area (Å²) in [5.41, 5.74) is 0.766. The van der Waals surface area contributed by atoms with Gasteiger partial charge >= 0.3 is 0 Å². The lowest BCUT2D eigenvalue weighted by Gasteiger charge is -2.24. The highest BCUT2D eigenvalue weighted by Gasteiger charge is 2.17.